The van der Waals surface area contributed by atoms with E-state index in [1.807, 2.05) is 11.6 Å². The highest BCUT2D eigenvalue weighted by Gasteiger charge is 2.16. The van der Waals surface area contributed by atoms with E-state index in [0.717, 1.165) is 37.4 Å². The maximum atomic E-state index is 4.33. The largest absolute Gasteiger partial charge is 0.369 e. The Labute approximate surface area is 105 Å². The minimum Gasteiger partial charge on any atom is -0.369 e. The average Bonchev–Trinajstić information content (AvgIpc) is 2.99. The van der Waals surface area contributed by atoms with Crippen LogP contribution >= 0.6 is 0 Å². The predicted molar refractivity (Wildman–Crippen MR) is 67.3 cm³/mol. The van der Waals surface area contributed by atoms with Crippen LogP contribution in [0.3, 0.4) is 0 Å². The lowest BCUT2D eigenvalue weighted by molar-refractivity contribution is 0.786. The second-order valence-corrected chi connectivity index (χ2v) is 4.54. The van der Waals surface area contributed by atoms with Crippen LogP contribution in [0.4, 0.5) is 5.82 Å². The first-order valence-electron chi connectivity index (χ1n) is 6.24. The Bertz CT molecular complexity index is 547. The molecule has 0 aromatic carbocycles. The molecule has 0 bridgehead atoms. The van der Waals surface area contributed by atoms with E-state index in [1.165, 1.54) is 17.7 Å². The lowest BCUT2D eigenvalue weighted by Crippen LogP contribution is -2.11. The first-order valence-corrected chi connectivity index (χ1v) is 6.24. The molecule has 94 valence electrons. The van der Waals surface area contributed by atoms with Crippen LogP contribution in [0.5, 0.6) is 0 Å². The molecular formula is C12H16N6. The van der Waals surface area contributed by atoms with Crippen molar-refractivity contribution < 1.29 is 0 Å². The van der Waals surface area contributed by atoms with Gasteiger partial charge in [-0.05, 0) is 19.3 Å². The fourth-order valence-corrected chi connectivity index (χ4v) is 2.34. The van der Waals surface area contributed by atoms with E-state index in [2.05, 4.69) is 25.5 Å². The van der Waals surface area contributed by atoms with Gasteiger partial charge in [-0.1, -0.05) is 0 Å². The molecule has 0 amide bonds. The second-order valence-electron chi connectivity index (χ2n) is 4.54. The maximum Gasteiger partial charge on any atom is 0.134 e. The molecule has 2 heterocycles. The van der Waals surface area contributed by atoms with Crippen LogP contribution < -0.4 is 5.32 Å². The third-order valence-corrected chi connectivity index (χ3v) is 3.32. The highest BCUT2D eigenvalue weighted by atomic mass is 15.2. The van der Waals surface area contributed by atoms with Gasteiger partial charge in [-0.3, -0.25) is 0 Å². The number of aromatic nitrogens is 5. The SMILES string of the molecule is Cn1cnnc1CCNc1ncnc2c1CCC2. The highest BCUT2D eigenvalue weighted by Crippen LogP contribution is 2.24. The summed E-state index contributed by atoms with van der Waals surface area (Å²) < 4.78 is 1.94. The lowest BCUT2D eigenvalue weighted by Gasteiger charge is -2.09. The number of nitrogens with one attached hydrogen (secondary N) is 1. The predicted octanol–water partition coefficient (Wildman–Crippen LogP) is 0.748. The third-order valence-electron chi connectivity index (χ3n) is 3.32. The van der Waals surface area contributed by atoms with Gasteiger partial charge < -0.3 is 9.88 Å². The molecule has 6 nitrogen and oxygen atoms in total. The molecule has 0 spiro atoms. The molecule has 0 atom stereocenters. The van der Waals surface area contributed by atoms with Crippen molar-refractivity contribution >= 4 is 5.82 Å². The van der Waals surface area contributed by atoms with Gasteiger partial charge in [0.2, 0.25) is 0 Å². The van der Waals surface area contributed by atoms with E-state index in [1.54, 1.807) is 12.7 Å². The summed E-state index contributed by atoms with van der Waals surface area (Å²) >= 11 is 0. The highest BCUT2D eigenvalue weighted by molar-refractivity contribution is 5.47. The molecule has 2 aromatic heterocycles. The Morgan fingerprint density at radius 1 is 1.33 bits per heavy atom. The number of fused-ring (bicyclic) bond motifs is 1. The molecule has 2 aromatic rings. The first kappa shape index (κ1) is 11.1. The third kappa shape index (κ3) is 2.05. The maximum absolute atomic E-state index is 4.33. The molecule has 0 fully saturated rings. The van der Waals surface area contributed by atoms with Gasteiger partial charge in [0.05, 0.1) is 0 Å². The summed E-state index contributed by atoms with van der Waals surface area (Å²) in [5.41, 5.74) is 2.49. The Balaban J connectivity index is 1.64. The van der Waals surface area contributed by atoms with Gasteiger partial charge in [-0.2, -0.15) is 0 Å². The molecule has 0 unspecified atom stereocenters. The number of hydrogen-bond donors (Lipinski definition) is 1. The van der Waals surface area contributed by atoms with E-state index in [9.17, 15) is 0 Å². The van der Waals surface area contributed by atoms with Crippen molar-refractivity contribution in [3.05, 3.63) is 29.7 Å². The monoisotopic (exact) mass is 244 g/mol. The molecule has 3 rings (SSSR count). The summed E-state index contributed by atoms with van der Waals surface area (Å²) in [4.78, 5) is 8.64. The molecule has 1 N–H and O–H groups in total. The van der Waals surface area contributed by atoms with Gasteiger partial charge >= 0.3 is 0 Å². The van der Waals surface area contributed by atoms with Gasteiger partial charge in [-0.15, -0.1) is 10.2 Å². The average molecular weight is 244 g/mol. The van der Waals surface area contributed by atoms with E-state index in [0.29, 0.717) is 0 Å². The lowest BCUT2D eigenvalue weighted by atomic mass is 10.2. The Morgan fingerprint density at radius 3 is 3.11 bits per heavy atom. The zero-order chi connectivity index (χ0) is 12.4. The fourth-order valence-electron chi connectivity index (χ4n) is 2.34. The number of rotatable bonds is 4. The molecule has 0 radical (unpaired) electrons. The Hall–Kier alpha value is -1.98. The molecule has 0 saturated carbocycles. The van der Waals surface area contributed by atoms with Crippen LogP contribution in [0.15, 0.2) is 12.7 Å². The first-order chi connectivity index (χ1) is 8.84. The van der Waals surface area contributed by atoms with Crippen molar-refractivity contribution in [2.75, 3.05) is 11.9 Å². The van der Waals surface area contributed by atoms with Gasteiger partial charge in [0.25, 0.3) is 0 Å². The van der Waals surface area contributed by atoms with Crippen LogP contribution in [0.1, 0.15) is 23.5 Å². The minimum atomic E-state index is 0.815. The normalized spacial score (nSPS) is 13.6. The van der Waals surface area contributed by atoms with Crippen molar-refractivity contribution in [1.82, 2.24) is 24.7 Å². The van der Waals surface area contributed by atoms with Crippen LogP contribution in [0.25, 0.3) is 0 Å². The van der Waals surface area contributed by atoms with Crippen molar-refractivity contribution in [3.63, 3.8) is 0 Å². The molecule has 1 aliphatic carbocycles. The summed E-state index contributed by atoms with van der Waals surface area (Å²) in [7, 11) is 1.96. The van der Waals surface area contributed by atoms with E-state index < -0.39 is 0 Å². The van der Waals surface area contributed by atoms with Gasteiger partial charge in [0.1, 0.15) is 24.3 Å². The van der Waals surface area contributed by atoms with E-state index in [4.69, 9.17) is 0 Å². The van der Waals surface area contributed by atoms with Gasteiger partial charge in [0.15, 0.2) is 0 Å². The summed E-state index contributed by atoms with van der Waals surface area (Å²) in [6.07, 6.45) is 7.56. The van der Waals surface area contributed by atoms with Crippen molar-refractivity contribution in [3.8, 4) is 0 Å². The number of hydrogen-bond acceptors (Lipinski definition) is 5. The second kappa shape index (κ2) is 4.72. The van der Waals surface area contributed by atoms with Crippen LogP contribution in [0.2, 0.25) is 0 Å². The molecule has 6 heteroatoms. The van der Waals surface area contributed by atoms with Crippen LogP contribution in [0, 0.1) is 0 Å². The molecular weight excluding hydrogens is 228 g/mol. The summed E-state index contributed by atoms with van der Waals surface area (Å²) in [6.45, 7) is 0.815. The topological polar surface area (TPSA) is 68.5 Å². The number of anilines is 1. The molecule has 0 aliphatic heterocycles. The Kier molecular flexibility index (Phi) is 2.92. The van der Waals surface area contributed by atoms with Gasteiger partial charge in [0, 0.05) is 31.3 Å². The summed E-state index contributed by atoms with van der Waals surface area (Å²) in [6, 6.07) is 0. The quantitative estimate of drug-likeness (QED) is 0.859. The smallest absolute Gasteiger partial charge is 0.134 e. The number of nitrogens with zero attached hydrogens (tertiary/aromatic N) is 5. The molecule has 1 aliphatic rings. The zero-order valence-corrected chi connectivity index (χ0v) is 10.4. The summed E-state index contributed by atoms with van der Waals surface area (Å²) in [5.74, 6) is 1.97. The summed E-state index contributed by atoms with van der Waals surface area (Å²) in [5, 5.41) is 11.3. The van der Waals surface area contributed by atoms with Crippen molar-refractivity contribution in [2.45, 2.75) is 25.7 Å². The standard InChI is InChI=1S/C12H16N6/c1-18-8-16-17-11(18)5-6-13-12-9-3-2-4-10(9)14-7-15-12/h7-8H,2-6H2,1H3,(H,13,14,15). The van der Waals surface area contributed by atoms with Crippen molar-refractivity contribution in [2.24, 2.45) is 7.05 Å². The Morgan fingerprint density at radius 2 is 2.28 bits per heavy atom. The van der Waals surface area contributed by atoms with Crippen LogP contribution in [-0.2, 0) is 26.3 Å². The van der Waals surface area contributed by atoms with Gasteiger partial charge in [-0.25, -0.2) is 9.97 Å². The molecule has 18 heavy (non-hydrogen) atoms. The fraction of sp³-hybridized carbons (Fsp3) is 0.500. The van der Waals surface area contributed by atoms with E-state index in [-0.39, 0.29) is 0 Å². The zero-order valence-electron chi connectivity index (χ0n) is 10.4. The minimum absolute atomic E-state index is 0.815. The number of aryl methyl sites for hydroxylation is 2. The molecule has 0 saturated heterocycles. The van der Waals surface area contributed by atoms with E-state index >= 15 is 0 Å². The van der Waals surface area contributed by atoms with Crippen LogP contribution in [-0.4, -0.2) is 31.3 Å². The van der Waals surface area contributed by atoms with Crippen molar-refractivity contribution in [1.29, 1.82) is 0 Å².